The highest BCUT2D eigenvalue weighted by Gasteiger charge is 2.38. The van der Waals surface area contributed by atoms with Crippen LogP contribution >= 0.6 is 11.3 Å². The van der Waals surface area contributed by atoms with Crippen molar-refractivity contribution < 1.29 is 31.5 Å². The van der Waals surface area contributed by atoms with E-state index in [0.717, 1.165) is 36.0 Å². The van der Waals surface area contributed by atoms with E-state index < -0.39 is 22.2 Å². The number of carboxylic acids is 1. The van der Waals surface area contributed by atoms with Crippen LogP contribution in [0.2, 0.25) is 0 Å². The van der Waals surface area contributed by atoms with Crippen molar-refractivity contribution in [3.05, 3.63) is 34.3 Å². The van der Waals surface area contributed by atoms with Crippen LogP contribution in [-0.2, 0) is 27.9 Å². The maximum absolute atomic E-state index is 11.3. The van der Waals surface area contributed by atoms with Gasteiger partial charge in [0.05, 0.1) is 35.0 Å². The highest BCUT2D eigenvalue weighted by Crippen LogP contribution is 2.22. The van der Waals surface area contributed by atoms with Gasteiger partial charge < -0.3 is 9.67 Å². The zero-order valence-corrected chi connectivity index (χ0v) is 17.2. The van der Waals surface area contributed by atoms with Gasteiger partial charge in [0.1, 0.15) is 0 Å². The molecule has 162 valence electrons. The second-order valence-corrected chi connectivity index (χ2v) is 9.29. The summed E-state index contributed by atoms with van der Waals surface area (Å²) < 4.78 is 59.1. The van der Waals surface area contributed by atoms with E-state index in [2.05, 4.69) is 29.5 Å². The number of sulfonamides is 1. The number of nitrogens with zero attached hydrogens (tertiary/aromatic N) is 4. The lowest BCUT2D eigenvalue weighted by molar-refractivity contribution is -0.192. The first-order valence-electron chi connectivity index (χ1n) is 8.24. The number of aliphatic carboxylic acids is 1. The van der Waals surface area contributed by atoms with Crippen molar-refractivity contribution in [3.8, 4) is 0 Å². The average Bonchev–Trinajstić information content (AvgIpc) is 3.20. The van der Waals surface area contributed by atoms with Gasteiger partial charge >= 0.3 is 12.1 Å². The van der Waals surface area contributed by atoms with Crippen LogP contribution in [0, 0.1) is 6.92 Å². The molecular formula is C15H20F3N5O4S2. The molecule has 1 unspecified atom stereocenters. The summed E-state index contributed by atoms with van der Waals surface area (Å²) in [4.78, 5) is 19.9. The number of halogens is 3. The van der Waals surface area contributed by atoms with E-state index in [1.165, 1.54) is 6.26 Å². The fourth-order valence-electron chi connectivity index (χ4n) is 2.70. The summed E-state index contributed by atoms with van der Waals surface area (Å²) in [5, 5.41) is 10.3. The van der Waals surface area contributed by atoms with Crippen molar-refractivity contribution >= 4 is 27.3 Å². The van der Waals surface area contributed by atoms with Gasteiger partial charge in [-0.1, -0.05) is 0 Å². The van der Waals surface area contributed by atoms with Crippen molar-refractivity contribution in [1.29, 1.82) is 0 Å². The van der Waals surface area contributed by atoms with Crippen molar-refractivity contribution in [1.82, 2.24) is 24.2 Å². The van der Waals surface area contributed by atoms with Gasteiger partial charge in [-0.25, -0.2) is 27.9 Å². The van der Waals surface area contributed by atoms with E-state index in [9.17, 15) is 21.6 Å². The third-order valence-electron chi connectivity index (χ3n) is 3.87. The number of aromatic nitrogens is 3. The molecule has 9 nitrogen and oxygen atoms in total. The Morgan fingerprint density at radius 2 is 2.10 bits per heavy atom. The molecule has 2 N–H and O–H groups in total. The van der Waals surface area contributed by atoms with E-state index in [1.807, 2.05) is 13.1 Å². The third kappa shape index (κ3) is 7.38. The van der Waals surface area contributed by atoms with Crippen molar-refractivity contribution in [2.75, 3.05) is 19.3 Å². The highest BCUT2D eigenvalue weighted by molar-refractivity contribution is 7.88. The van der Waals surface area contributed by atoms with E-state index in [1.54, 1.807) is 17.7 Å². The minimum atomic E-state index is -5.08. The Morgan fingerprint density at radius 3 is 2.62 bits per heavy atom. The molecule has 29 heavy (non-hydrogen) atoms. The van der Waals surface area contributed by atoms with Crippen LogP contribution in [0.4, 0.5) is 13.2 Å². The van der Waals surface area contributed by atoms with E-state index in [4.69, 9.17) is 9.90 Å². The summed E-state index contributed by atoms with van der Waals surface area (Å²) >= 11 is 1.65. The third-order valence-corrected chi connectivity index (χ3v) is 5.38. The number of thiazole rings is 1. The summed E-state index contributed by atoms with van der Waals surface area (Å²) in [6.45, 7) is 4.70. The van der Waals surface area contributed by atoms with Gasteiger partial charge in [-0.2, -0.15) is 13.2 Å². The molecule has 2 aromatic heterocycles. The normalized spacial score (nSPS) is 17.3. The average molecular weight is 455 g/mol. The Labute approximate surface area is 169 Å². The largest absolute Gasteiger partial charge is 0.490 e. The molecule has 0 aromatic carbocycles. The van der Waals surface area contributed by atoms with Crippen LogP contribution in [-0.4, -0.2) is 64.5 Å². The molecular weight excluding hydrogens is 435 g/mol. The number of carbonyl (C=O) groups is 1. The molecule has 14 heteroatoms. The summed E-state index contributed by atoms with van der Waals surface area (Å²) in [6, 6.07) is 0.0423. The molecule has 0 amide bonds. The second-order valence-electron chi connectivity index (χ2n) is 6.40. The first-order valence-corrected chi connectivity index (χ1v) is 11.0. The lowest BCUT2D eigenvalue weighted by atomic mass is 10.2. The maximum Gasteiger partial charge on any atom is 0.490 e. The molecule has 0 saturated heterocycles. The molecule has 0 radical (unpaired) electrons. The molecule has 0 saturated carbocycles. The number of nitrogens with one attached hydrogen (secondary N) is 1. The van der Waals surface area contributed by atoms with Crippen LogP contribution in [0.3, 0.4) is 0 Å². The smallest absolute Gasteiger partial charge is 0.475 e. The maximum atomic E-state index is 11.3. The first kappa shape index (κ1) is 23.3. The SMILES string of the molecule is Cc1nc(CN2Cc3cncn3C(CNS(C)(=O)=O)C2)cs1.O=C(O)C(F)(F)F. The molecule has 1 aliphatic heterocycles. The van der Waals surface area contributed by atoms with Crippen LogP contribution in [0.25, 0.3) is 0 Å². The van der Waals surface area contributed by atoms with Crippen LogP contribution in [0.1, 0.15) is 22.4 Å². The summed E-state index contributed by atoms with van der Waals surface area (Å²) in [5.74, 6) is -2.76. The minimum Gasteiger partial charge on any atom is -0.475 e. The minimum absolute atomic E-state index is 0.0423. The summed E-state index contributed by atoms with van der Waals surface area (Å²) in [6.07, 6.45) is -0.291. The molecule has 0 bridgehead atoms. The van der Waals surface area contributed by atoms with Crippen LogP contribution in [0.5, 0.6) is 0 Å². The number of carboxylic acid groups (broad SMARTS) is 1. The second kappa shape index (κ2) is 9.19. The van der Waals surface area contributed by atoms with Gasteiger partial charge in [-0.3, -0.25) is 4.90 Å². The number of alkyl halides is 3. The Kier molecular flexibility index (Phi) is 7.37. The first-order chi connectivity index (χ1) is 13.3. The van der Waals surface area contributed by atoms with Crippen molar-refractivity contribution in [2.45, 2.75) is 32.2 Å². The Balaban J connectivity index is 0.000000370. The van der Waals surface area contributed by atoms with Crippen molar-refractivity contribution in [3.63, 3.8) is 0 Å². The Hall–Kier alpha value is -2.03. The van der Waals surface area contributed by atoms with E-state index >= 15 is 0 Å². The summed E-state index contributed by atoms with van der Waals surface area (Å²) in [7, 11) is -3.20. The van der Waals surface area contributed by atoms with Gasteiger partial charge in [0.2, 0.25) is 10.0 Å². The standard InChI is InChI=1S/C13H19N5O2S2.C2HF3O2/c1-10-16-11(8-21-10)5-17-6-12-3-14-9-18(12)13(7-17)4-15-22(2,19)20;3-2(4,5)1(6)7/h3,8-9,13,15H,4-7H2,1-2H3;(H,6,7). The lowest BCUT2D eigenvalue weighted by Crippen LogP contribution is -2.41. The lowest BCUT2D eigenvalue weighted by Gasteiger charge is -2.34. The number of rotatable bonds is 5. The van der Waals surface area contributed by atoms with E-state index in [0.29, 0.717) is 6.54 Å². The molecule has 0 spiro atoms. The molecule has 3 heterocycles. The number of hydrogen-bond donors (Lipinski definition) is 2. The number of aryl methyl sites for hydroxylation is 1. The molecule has 3 rings (SSSR count). The number of hydrogen-bond acceptors (Lipinski definition) is 7. The van der Waals surface area contributed by atoms with Gasteiger partial charge in [0.25, 0.3) is 0 Å². The van der Waals surface area contributed by atoms with E-state index in [-0.39, 0.29) is 6.04 Å². The molecule has 0 aliphatic carbocycles. The molecule has 2 aromatic rings. The molecule has 1 atom stereocenters. The van der Waals surface area contributed by atoms with Crippen molar-refractivity contribution in [2.24, 2.45) is 0 Å². The Morgan fingerprint density at radius 1 is 1.45 bits per heavy atom. The monoisotopic (exact) mass is 455 g/mol. The van der Waals surface area contributed by atoms with Crippen LogP contribution < -0.4 is 4.72 Å². The molecule has 1 aliphatic rings. The molecule has 0 fully saturated rings. The Bertz CT molecular complexity index is 942. The number of imidazole rings is 1. The number of fused-ring (bicyclic) bond motifs is 1. The topological polar surface area (TPSA) is 117 Å². The fourth-order valence-corrected chi connectivity index (χ4v) is 3.80. The summed E-state index contributed by atoms with van der Waals surface area (Å²) in [5.41, 5.74) is 2.16. The van der Waals surface area contributed by atoms with Crippen LogP contribution in [0.15, 0.2) is 17.9 Å². The quantitative estimate of drug-likeness (QED) is 0.700. The highest BCUT2D eigenvalue weighted by atomic mass is 32.2. The van der Waals surface area contributed by atoms with Gasteiger partial charge in [-0.15, -0.1) is 11.3 Å². The van der Waals surface area contributed by atoms with Gasteiger partial charge in [0, 0.05) is 37.8 Å². The predicted molar refractivity (Wildman–Crippen MR) is 98.8 cm³/mol. The zero-order chi connectivity index (χ0) is 21.8. The fraction of sp³-hybridized carbons (Fsp3) is 0.533. The van der Waals surface area contributed by atoms with Gasteiger partial charge in [0.15, 0.2) is 0 Å². The zero-order valence-electron chi connectivity index (χ0n) is 15.5. The predicted octanol–water partition coefficient (Wildman–Crippen LogP) is 1.39. The van der Waals surface area contributed by atoms with Gasteiger partial charge in [-0.05, 0) is 6.92 Å².